The van der Waals surface area contributed by atoms with Crippen LogP contribution in [0.5, 0.6) is 0 Å². The summed E-state index contributed by atoms with van der Waals surface area (Å²) in [7, 11) is 0. The second-order valence-electron chi connectivity index (χ2n) is 8.04. The molecule has 1 saturated heterocycles. The second-order valence-corrected chi connectivity index (χ2v) is 8.48. The topological polar surface area (TPSA) is 97.3 Å². The van der Waals surface area contributed by atoms with Gasteiger partial charge in [-0.05, 0) is 66.9 Å². The van der Waals surface area contributed by atoms with Crippen LogP contribution in [0, 0.1) is 5.41 Å². The Kier molecular flexibility index (Phi) is 7.44. The van der Waals surface area contributed by atoms with Crippen molar-refractivity contribution in [1.29, 1.82) is 5.41 Å². The SMILES string of the molecule is N=C1CCCCN1c1ccc(NC(=O)C(NC(=O)Nc2ccc(Cl)cc2)c2ccccc2)cc1. The summed E-state index contributed by atoms with van der Waals surface area (Å²) in [5.41, 5.74) is 2.76. The Bertz CT molecular complexity index is 1150. The third-order valence-electron chi connectivity index (χ3n) is 5.59. The number of amidine groups is 1. The molecule has 0 aliphatic carbocycles. The first-order valence-corrected chi connectivity index (χ1v) is 11.5. The maximum Gasteiger partial charge on any atom is 0.320 e. The number of rotatable bonds is 6. The maximum absolute atomic E-state index is 13.2. The van der Waals surface area contributed by atoms with Gasteiger partial charge in [-0.15, -0.1) is 0 Å². The third-order valence-corrected chi connectivity index (χ3v) is 5.84. The van der Waals surface area contributed by atoms with Gasteiger partial charge in [-0.3, -0.25) is 10.2 Å². The largest absolute Gasteiger partial charge is 0.330 e. The van der Waals surface area contributed by atoms with Crippen LogP contribution in [0.25, 0.3) is 0 Å². The average Bonchev–Trinajstić information content (AvgIpc) is 2.85. The van der Waals surface area contributed by atoms with Crippen molar-refractivity contribution in [2.24, 2.45) is 0 Å². The average molecular weight is 476 g/mol. The van der Waals surface area contributed by atoms with Crippen LogP contribution in [0.15, 0.2) is 78.9 Å². The molecule has 7 nitrogen and oxygen atoms in total. The van der Waals surface area contributed by atoms with Crippen LogP contribution in [0.1, 0.15) is 30.9 Å². The Balaban J connectivity index is 1.45. The van der Waals surface area contributed by atoms with Gasteiger partial charge in [0, 0.05) is 35.1 Å². The van der Waals surface area contributed by atoms with Gasteiger partial charge >= 0.3 is 6.03 Å². The fourth-order valence-electron chi connectivity index (χ4n) is 3.83. The van der Waals surface area contributed by atoms with Gasteiger partial charge < -0.3 is 20.9 Å². The van der Waals surface area contributed by atoms with Gasteiger partial charge in [-0.1, -0.05) is 41.9 Å². The fraction of sp³-hybridized carbons (Fsp3) is 0.192. The summed E-state index contributed by atoms with van der Waals surface area (Å²) in [4.78, 5) is 27.8. The number of hydrogen-bond donors (Lipinski definition) is 4. The van der Waals surface area contributed by atoms with Crippen LogP contribution in [0.4, 0.5) is 21.9 Å². The van der Waals surface area contributed by atoms with Gasteiger partial charge in [0.1, 0.15) is 11.9 Å². The Labute approximate surface area is 203 Å². The molecular weight excluding hydrogens is 450 g/mol. The van der Waals surface area contributed by atoms with E-state index >= 15 is 0 Å². The number of hydrogen-bond acceptors (Lipinski definition) is 3. The summed E-state index contributed by atoms with van der Waals surface area (Å²) in [6.45, 7) is 0.827. The molecule has 4 rings (SSSR count). The zero-order valence-corrected chi connectivity index (χ0v) is 19.3. The van der Waals surface area contributed by atoms with Gasteiger partial charge in [-0.25, -0.2) is 4.79 Å². The minimum absolute atomic E-state index is 0.365. The summed E-state index contributed by atoms with van der Waals surface area (Å²) in [6.07, 6.45) is 2.88. The smallest absolute Gasteiger partial charge is 0.320 e. The molecule has 4 N–H and O–H groups in total. The van der Waals surface area contributed by atoms with Crippen molar-refractivity contribution in [1.82, 2.24) is 5.32 Å². The van der Waals surface area contributed by atoms with Crippen LogP contribution < -0.4 is 20.9 Å². The van der Waals surface area contributed by atoms with Gasteiger partial charge in [0.25, 0.3) is 5.91 Å². The van der Waals surface area contributed by atoms with Gasteiger partial charge in [0.2, 0.25) is 0 Å². The molecule has 1 atom stereocenters. The standard InChI is InChI=1S/C26H26ClN5O2/c27-19-9-11-21(12-10-19)30-26(34)31-24(18-6-2-1-3-7-18)25(33)29-20-13-15-22(16-14-20)32-17-5-4-8-23(32)28/h1-3,6-7,9-16,24,28H,4-5,8,17H2,(H,29,33)(H2,30,31,34). The number of piperidine rings is 1. The molecule has 0 radical (unpaired) electrons. The minimum atomic E-state index is -0.900. The Morgan fingerprint density at radius 3 is 2.18 bits per heavy atom. The van der Waals surface area contributed by atoms with Crippen molar-refractivity contribution < 1.29 is 9.59 Å². The molecule has 1 aliphatic heterocycles. The molecule has 0 aromatic heterocycles. The molecule has 3 amide bonds. The van der Waals surface area contributed by atoms with E-state index in [1.807, 2.05) is 47.4 Å². The number of halogens is 1. The van der Waals surface area contributed by atoms with E-state index in [4.69, 9.17) is 17.0 Å². The van der Waals surface area contributed by atoms with Crippen molar-refractivity contribution in [3.05, 3.63) is 89.4 Å². The summed E-state index contributed by atoms with van der Waals surface area (Å²) in [5, 5.41) is 17.1. The van der Waals surface area contributed by atoms with E-state index in [0.29, 0.717) is 27.8 Å². The number of carbonyl (C=O) groups is 2. The molecule has 1 unspecified atom stereocenters. The first-order valence-electron chi connectivity index (χ1n) is 11.1. The predicted octanol–water partition coefficient (Wildman–Crippen LogP) is 5.81. The Morgan fingerprint density at radius 1 is 0.853 bits per heavy atom. The van der Waals surface area contributed by atoms with Crippen molar-refractivity contribution >= 4 is 46.4 Å². The summed E-state index contributed by atoms with van der Waals surface area (Å²) in [6, 6.07) is 21.8. The van der Waals surface area contributed by atoms with Gasteiger partial charge in [0.15, 0.2) is 0 Å². The van der Waals surface area contributed by atoms with Crippen LogP contribution in [0.3, 0.4) is 0 Å². The molecule has 3 aromatic rings. The van der Waals surface area contributed by atoms with Crippen molar-refractivity contribution in [2.45, 2.75) is 25.3 Å². The van der Waals surface area contributed by atoms with Crippen molar-refractivity contribution in [3.8, 4) is 0 Å². The number of nitrogens with zero attached hydrogens (tertiary/aromatic N) is 1. The van der Waals surface area contributed by atoms with E-state index in [1.165, 1.54) is 0 Å². The lowest BCUT2D eigenvalue weighted by Gasteiger charge is -2.29. The van der Waals surface area contributed by atoms with E-state index in [0.717, 1.165) is 31.5 Å². The summed E-state index contributed by atoms with van der Waals surface area (Å²) >= 11 is 5.90. The quantitative estimate of drug-likeness (QED) is 0.362. The van der Waals surface area contributed by atoms with Crippen LogP contribution in [0.2, 0.25) is 5.02 Å². The number of benzene rings is 3. The lowest BCUT2D eigenvalue weighted by Crippen LogP contribution is -2.39. The molecule has 0 saturated carbocycles. The highest BCUT2D eigenvalue weighted by Crippen LogP contribution is 2.24. The molecule has 0 bridgehead atoms. The molecule has 0 spiro atoms. The number of amides is 3. The monoisotopic (exact) mass is 475 g/mol. The van der Waals surface area contributed by atoms with E-state index in [1.54, 1.807) is 36.4 Å². The van der Waals surface area contributed by atoms with Crippen LogP contribution in [-0.2, 0) is 4.79 Å². The van der Waals surface area contributed by atoms with Crippen LogP contribution >= 0.6 is 11.6 Å². The highest BCUT2D eigenvalue weighted by Gasteiger charge is 2.23. The lowest BCUT2D eigenvalue weighted by molar-refractivity contribution is -0.118. The zero-order valence-electron chi connectivity index (χ0n) is 18.6. The first kappa shape index (κ1) is 23.3. The fourth-order valence-corrected chi connectivity index (χ4v) is 3.96. The number of anilines is 3. The van der Waals surface area contributed by atoms with E-state index in [9.17, 15) is 9.59 Å². The second kappa shape index (κ2) is 10.9. The number of urea groups is 1. The van der Waals surface area contributed by atoms with E-state index < -0.39 is 12.1 Å². The van der Waals surface area contributed by atoms with Crippen molar-refractivity contribution in [2.75, 3.05) is 22.1 Å². The van der Waals surface area contributed by atoms with Crippen LogP contribution in [-0.4, -0.2) is 24.3 Å². The predicted molar refractivity (Wildman–Crippen MR) is 137 cm³/mol. The Morgan fingerprint density at radius 2 is 1.50 bits per heavy atom. The number of carbonyl (C=O) groups excluding carboxylic acids is 2. The third kappa shape index (κ3) is 5.94. The van der Waals surface area contributed by atoms with E-state index in [2.05, 4.69) is 16.0 Å². The molecule has 8 heteroatoms. The molecule has 1 heterocycles. The molecule has 1 fully saturated rings. The lowest BCUT2D eigenvalue weighted by atomic mass is 10.1. The summed E-state index contributed by atoms with van der Waals surface area (Å²) in [5.74, 6) is 0.249. The van der Waals surface area contributed by atoms with Crippen molar-refractivity contribution in [3.63, 3.8) is 0 Å². The number of nitrogens with one attached hydrogen (secondary N) is 4. The molecule has 174 valence electrons. The molecule has 34 heavy (non-hydrogen) atoms. The van der Waals surface area contributed by atoms with Gasteiger partial charge in [0.05, 0.1) is 0 Å². The summed E-state index contributed by atoms with van der Waals surface area (Å²) < 4.78 is 0. The molecule has 1 aliphatic rings. The zero-order chi connectivity index (χ0) is 23.9. The molecule has 3 aromatic carbocycles. The molecular formula is C26H26ClN5O2. The normalized spacial score (nSPS) is 14.3. The van der Waals surface area contributed by atoms with E-state index in [-0.39, 0.29) is 5.91 Å². The Hall–Kier alpha value is -3.84. The highest BCUT2D eigenvalue weighted by molar-refractivity contribution is 6.30. The first-order chi connectivity index (χ1) is 16.5. The highest BCUT2D eigenvalue weighted by atomic mass is 35.5. The van der Waals surface area contributed by atoms with Gasteiger partial charge in [-0.2, -0.15) is 0 Å². The maximum atomic E-state index is 13.2. The minimum Gasteiger partial charge on any atom is -0.330 e.